The molecule has 0 aromatic carbocycles. The minimum absolute atomic E-state index is 0.104. The Morgan fingerprint density at radius 3 is 2.64 bits per heavy atom. The Morgan fingerprint density at radius 2 is 2.14 bits per heavy atom. The van der Waals surface area contributed by atoms with Crippen LogP contribution in [0.4, 0.5) is 0 Å². The van der Waals surface area contributed by atoms with Crippen molar-refractivity contribution >= 4 is 18.3 Å². The van der Waals surface area contributed by atoms with Crippen molar-refractivity contribution in [2.24, 2.45) is 0 Å². The molecule has 0 saturated carbocycles. The number of carbonyl (C=O) groups is 3. The van der Waals surface area contributed by atoms with E-state index in [0.717, 1.165) is 0 Å². The molecule has 2 amide bonds. The number of likely N-dealkylation sites (N-methyl/N-ethyl adjacent to an activating group) is 1. The molecule has 1 N–H and O–H groups in total. The van der Waals surface area contributed by atoms with Gasteiger partial charge in [0.25, 0.3) is 0 Å². The predicted molar refractivity (Wildman–Crippen MR) is 48.3 cm³/mol. The van der Waals surface area contributed by atoms with Crippen LogP contribution >= 0.6 is 0 Å². The average molecular weight is 202 g/mol. The summed E-state index contributed by atoms with van der Waals surface area (Å²) in [6, 6.07) is 0. The average Bonchev–Trinajstić information content (AvgIpc) is 2.14. The van der Waals surface area contributed by atoms with Crippen molar-refractivity contribution in [2.75, 3.05) is 26.7 Å². The molecule has 0 rings (SSSR count). The van der Waals surface area contributed by atoms with Crippen LogP contribution in [0.5, 0.6) is 0 Å². The van der Waals surface area contributed by atoms with Crippen LogP contribution in [0.3, 0.4) is 0 Å². The second-order valence-corrected chi connectivity index (χ2v) is 2.55. The largest absolute Gasteiger partial charge is 0.465 e. The summed E-state index contributed by atoms with van der Waals surface area (Å²) in [5, 5.41) is 2.21. The molecule has 0 spiro atoms. The Morgan fingerprint density at radius 1 is 1.50 bits per heavy atom. The van der Waals surface area contributed by atoms with Gasteiger partial charge in [-0.15, -0.1) is 0 Å². The monoisotopic (exact) mass is 202 g/mol. The maximum absolute atomic E-state index is 11.1. The maximum Gasteiger partial charge on any atom is 0.325 e. The zero-order chi connectivity index (χ0) is 11.0. The third-order valence-corrected chi connectivity index (χ3v) is 1.43. The van der Waals surface area contributed by atoms with Crippen molar-refractivity contribution in [1.29, 1.82) is 0 Å². The third-order valence-electron chi connectivity index (χ3n) is 1.43. The molecule has 0 bridgehead atoms. The minimum atomic E-state index is -0.463. The first-order valence-corrected chi connectivity index (χ1v) is 4.18. The molecule has 0 fully saturated rings. The first-order valence-electron chi connectivity index (χ1n) is 4.18. The normalized spacial score (nSPS) is 9.00. The number of carbonyl (C=O) groups excluding carboxylic acids is 3. The van der Waals surface area contributed by atoms with Crippen LogP contribution in [0.2, 0.25) is 0 Å². The number of ether oxygens (including phenoxy) is 1. The van der Waals surface area contributed by atoms with Gasteiger partial charge in [0.1, 0.15) is 6.54 Å². The first kappa shape index (κ1) is 12.4. The van der Waals surface area contributed by atoms with Gasteiger partial charge in [-0.3, -0.25) is 14.4 Å². The van der Waals surface area contributed by atoms with E-state index in [0.29, 0.717) is 6.41 Å². The zero-order valence-electron chi connectivity index (χ0n) is 8.28. The first-order chi connectivity index (χ1) is 6.61. The summed E-state index contributed by atoms with van der Waals surface area (Å²) in [7, 11) is 1.46. The highest BCUT2D eigenvalue weighted by Gasteiger charge is 2.12. The molecular formula is C8H14N2O4. The Kier molecular flexibility index (Phi) is 6.09. The number of amides is 2. The van der Waals surface area contributed by atoms with E-state index in [2.05, 4.69) is 10.1 Å². The topological polar surface area (TPSA) is 75.7 Å². The van der Waals surface area contributed by atoms with Crippen molar-refractivity contribution in [1.82, 2.24) is 10.2 Å². The number of nitrogens with one attached hydrogen (secondary N) is 1. The molecular weight excluding hydrogens is 188 g/mol. The summed E-state index contributed by atoms with van der Waals surface area (Å²) in [6.07, 6.45) is 0.427. The predicted octanol–water partition coefficient (Wildman–Crippen LogP) is -1.25. The molecule has 14 heavy (non-hydrogen) atoms. The van der Waals surface area contributed by atoms with E-state index in [9.17, 15) is 14.4 Å². The quantitative estimate of drug-likeness (QED) is 0.431. The zero-order valence-corrected chi connectivity index (χ0v) is 8.28. The molecule has 0 radical (unpaired) electrons. The molecule has 0 heterocycles. The van der Waals surface area contributed by atoms with Crippen LogP contribution < -0.4 is 5.32 Å². The van der Waals surface area contributed by atoms with E-state index in [1.807, 2.05) is 0 Å². The van der Waals surface area contributed by atoms with E-state index >= 15 is 0 Å². The maximum atomic E-state index is 11.1. The molecule has 0 aromatic rings. The fourth-order valence-corrected chi connectivity index (χ4v) is 0.752. The van der Waals surface area contributed by atoms with E-state index in [-0.39, 0.29) is 25.6 Å². The summed E-state index contributed by atoms with van der Waals surface area (Å²) >= 11 is 0. The van der Waals surface area contributed by atoms with Gasteiger partial charge >= 0.3 is 5.97 Å². The molecule has 6 nitrogen and oxygen atoms in total. The van der Waals surface area contributed by atoms with E-state index in [4.69, 9.17) is 0 Å². The van der Waals surface area contributed by atoms with Gasteiger partial charge in [-0.1, -0.05) is 0 Å². The number of esters is 1. The molecule has 0 atom stereocenters. The van der Waals surface area contributed by atoms with Crippen molar-refractivity contribution in [3.63, 3.8) is 0 Å². The van der Waals surface area contributed by atoms with Crippen LogP contribution in [0.15, 0.2) is 0 Å². The van der Waals surface area contributed by atoms with Gasteiger partial charge < -0.3 is 15.0 Å². The lowest BCUT2D eigenvalue weighted by Gasteiger charge is -2.15. The van der Waals surface area contributed by atoms with Gasteiger partial charge in [-0.25, -0.2) is 0 Å². The SMILES string of the molecule is CCOC(=O)CN(C)C(=O)CNC=O. The molecule has 0 aromatic heterocycles. The van der Waals surface area contributed by atoms with Crippen molar-refractivity contribution in [3.8, 4) is 0 Å². The fourth-order valence-electron chi connectivity index (χ4n) is 0.752. The van der Waals surface area contributed by atoms with Crippen LogP contribution in [0.1, 0.15) is 6.92 Å². The Bertz CT molecular complexity index is 217. The lowest BCUT2D eigenvalue weighted by Crippen LogP contribution is -2.38. The second-order valence-electron chi connectivity index (χ2n) is 2.55. The fraction of sp³-hybridized carbons (Fsp3) is 0.625. The van der Waals surface area contributed by atoms with Crippen LogP contribution in [-0.4, -0.2) is 49.9 Å². The summed E-state index contributed by atoms with van der Waals surface area (Å²) in [5.41, 5.74) is 0. The summed E-state index contributed by atoms with van der Waals surface area (Å²) in [4.78, 5) is 33.1. The molecule has 0 aliphatic rings. The van der Waals surface area contributed by atoms with E-state index in [1.54, 1.807) is 6.92 Å². The number of nitrogens with zero attached hydrogens (tertiary/aromatic N) is 1. The van der Waals surface area contributed by atoms with Gasteiger partial charge in [0.05, 0.1) is 13.2 Å². The molecule has 0 aliphatic heterocycles. The molecule has 6 heteroatoms. The van der Waals surface area contributed by atoms with E-state index in [1.165, 1.54) is 11.9 Å². The van der Waals surface area contributed by atoms with Crippen molar-refractivity contribution < 1.29 is 19.1 Å². The molecule has 0 aliphatic carbocycles. The Hall–Kier alpha value is -1.59. The number of hydrogen-bond acceptors (Lipinski definition) is 4. The Balaban J connectivity index is 3.82. The van der Waals surface area contributed by atoms with Crippen LogP contribution in [0.25, 0.3) is 0 Å². The lowest BCUT2D eigenvalue weighted by atomic mass is 10.5. The van der Waals surface area contributed by atoms with Gasteiger partial charge in [0.2, 0.25) is 12.3 Å². The summed E-state index contributed by atoms with van der Waals surface area (Å²) in [6.45, 7) is 1.76. The van der Waals surface area contributed by atoms with Gasteiger partial charge in [0.15, 0.2) is 0 Å². The Labute approximate surface area is 82.2 Å². The highest BCUT2D eigenvalue weighted by atomic mass is 16.5. The highest BCUT2D eigenvalue weighted by molar-refractivity contribution is 5.84. The van der Waals surface area contributed by atoms with Crippen LogP contribution in [-0.2, 0) is 19.1 Å². The molecule has 80 valence electrons. The number of hydrogen-bond donors (Lipinski definition) is 1. The smallest absolute Gasteiger partial charge is 0.325 e. The van der Waals surface area contributed by atoms with Gasteiger partial charge in [0, 0.05) is 7.05 Å². The van der Waals surface area contributed by atoms with Gasteiger partial charge in [-0.05, 0) is 6.92 Å². The van der Waals surface area contributed by atoms with E-state index < -0.39 is 5.97 Å². The summed E-state index contributed by atoms with van der Waals surface area (Å²) in [5.74, 6) is -0.806. The second kappa shape index (κ2) is 6.88. The molecule has 0 unspecified atom stereocenters. The number of rotatable bonds is 6. The van der Waals surface area contributed by atoms with Gasteiger partial charge in [-0.2, -0.15) is 0 Å². The van der Waals surface area contributed by atoms with Crippen molar-refractivity contribution in [2.45, 2.75) is 6.92 Å². The molecule has 0 saturated heterocycles. The van der Waals surface area contributed by atoms with Crippen LogP contribution in [0, 0.1) is 0 Å². The van der Waals surface area contributed by atoms with Crippen molar-refractivity contribution in [3.05, 3.63) is 0 Å². The summed E-state index contributed by atoms with van der Waals surface area (Å²) < 4.78 is 4.64. The standard InChI is InChI=1S/C8H14N2O4/c1-3-14-8(13)5-10(2)7(12)4-9-6-11/h6H,3-5H2,1-2H3,(H,9,11). The minimum Gasteiger partial charge on any atom is -0.465 e. The highest BCUT2D eigenvalue weighted by Crippen LogP contribution is 1.86. The lowest BCUT2D eigenvalue weighted by molar-refractivity contribution is -0.147. The third kappa shape index (κ3) is 5.13.